The van der Waals surface area contributed by atoms with Crippen molar-refractivity contribution in [1.29, 1.82) is 0 Å². The van der Waals surface area contributed by atoms with Crippen LogP contribution in [-0.4, -0.2) is 81.5 Å². The summed E-state index contributed by atoms with van der Waals surface area (Å²) in [4.78, 5) is 7.03. The highest BCUT2D eigenvalue weighted by Crippen LogP contribution is 2.33. The molecule has 6 nitrogen and oxygen atoms in total. The van der Waals surface area contributed by atoms with E-state index in [9.17, 15) is 0 Å². The number of guanidine groups is 1. The Bertz CT molecular complexity index is 603. The summed E-state index contributed by atoms with van der Waals surface area (Å²) in [5.41, 5.74) is 1.51. The molecule has 2 aliphatic heterocycles. The first-order valence-corrected chi connectivity index (χ1v) is 10.9. The maximum Gasteiger partial charge on any atom is 0.191 e. The Morgan fingerprint density at radius 2 is 2.00 bits per heavy atom. The molecular weight excluding hydrogens is 487 g/mol. The number of thioether (sulfide) groups is 1. The van der Waals surface area contributed by atoms with Gasteiger partial charge in [-0.25, -0.2) is 0 Å². The van der Waals surface area contributed by atoms with Crippen LogP contribution in [0.25, 0.3) is 0 Å². The first-order chi connectivity index (χ1) is 13.3. The van der Waals surface area contributed by atoms with E-state index in [2.05, 4.69) is 44.4 Å². The van der Waals surface area contributed by atoms with Gasteiger partial charge in [-0.2, -0.15) is 11.8 Å². The fourth-order valence-corrected chi connectivity index (χ4v) is 5.20. The van der Waals surface area contributed by atoms with Gasteiger partial charge in [-0.05, 0) is 36.3 Å². The van der Waals surface area contributed by atoms with Crippen LogP contribution in [0.2, 0.25) is 0 Å². The van der Waals surface area contributed by atoms with Crippen molar-refractivity contribution >= 4 is 41.7 Å². The highest BCUT2D eigenvalue weighted by atomic mass is 127. The van der Waals surface area contributed by atoms with Gasteiger partial charge in [0.05, 0.1) is 20.3 Å². The summed E-state index contributed by atoms with van der Waals surface area (Å²) in [7, 11) is 3.53. The number of ether oxygens (including phenoxy) is 2. The molecule has 28 heavy (non-hydrogen) atoms. The molecular formula is C20H33IN4O2S. The van der Waals surface area contributed by atoms with Crippen LogP contribution in [-0.2, 0) is 11.2 Å². The van der Waals surface area contributed by atoms with E-state index in [1.54, 1.807) is 7.11 Å². The molecule has 0 radical (unpaired) electrons. The van der Waals surface area contributed by atoms with Crippen molar-refractivity contribution in [2.45, 2.75) is 18.4 Å². The number of halogens is 1. The Morgan fingerprint density at radius 3 is 2.61 bits per heavy atom. The Hall–Kier alpha value is -0.710. The van der Waals surface area contributed by atoms with E-state index in [1.165, 1.54) is 23.5 Å². The number of aliphatic imine (C=N–C) groups is 1. The molecule has 1 atom stereocenters. The third kappa shape index (κ3) is 6.40. The summed E-state index contributed by atoms with van der Waals surface area (Å²) in [6.45, 7) is 5.55. The fourth-order valence-electron chi connectivity index (χ4n) is 3.72. The topological polar surface area (TPSA) is 58.1 Å². The lowest BCUT2D eigenvalue weighted by molar-refractivity contribution is -0.0120. The fraction of sp³-hybridized carbons (Fsp3) is 0.650. The van der Waals surface area contributed by atoms with Crippen molar-refractivity contribution in [3.63, 3.8) is 0 Å². The van der Waals surface area contributed by atoms with Gasteiger partial charge in [0.25, 0.3) is 0 Å². The van der Waals surface area contributed by atoms with E-state index < -0.39 is 0 Å². The van der Waals surface area contributed by atoms with Crippen LogP contribution in [0.4, 0.5) is 0 Å². The summed E-state index contributed by atoms with van der Waals surface area (Å²) in [6, 6.07) is 8.23. The first-order valence-electron chi connectivity index (χ1n) is 9.74. The van der Waals surface area contributed by atoms with Gasteiger partial charge in [0, 0.05) is 44.5 Å². The molecule has 0 spiro atoms. The minimum absolute atomic E-state index is 0. The number of nitrogens with zero attached hydrogens (tertiary/aromatic N) is 2. The Labute approximate surface area is 190 Å². The zero-order valence-corrected chi connectivity index (χ0v) is 20.1. The van der Waals surface area contributed by atoms with Crippen molar-refractivity contribution in [2.75, 3.05) is 65.1 Å². The number of methoxy groups -OCH3 is 1. The lowest BCUT2D eigenvalue weighted by atomic mass is 9.95. The lowest BCUT2D eigenvalue weighted by Gasteiger charge is -2.43. The van der Waals surface area contributed by atoms with Crippen molar-refractivity contribution in [1.82, 2.24) is 15.5 Å². The minimum atomic E-state index is 0. The number of hydrogen-bond acceptors (Lipinski definition) is 5. The van der Waals surface area contributed by atoms with Crippen LogP contribution in [0.3, 0.4) is 0 Å². The molecule has 2 N–H and O–H groups in total. The number of rotatable bonds is 7. The van der Waals surface area contributed by atoms with Gasteiger partial charge in [-0.15, -0.1) is 24.0 Å². The average Bonchev–Trinajstić information content (AvgIpc) is 3.22. The van der Waals surface area contributed by atoms with E-state index >= 15 is 0 Å². The quantitative estimate of drug-likeness (QED) is 0.327. The molecule has 158 valence electrons. The minimum Gasteiger partial charge on any atom is -0.497 e. The van der Waals surface area contributed by atoms with Crippen LogP contribution in [0, 0.1) is 0 Å². The molecule has 0 bridgehead atoms. The maximum absolute atomic E-state index is 5.55. The monoisotopic (exact) mass is 520 g/mol. The molecule has 0 amide bonds. The maximum atomic E-state index is 5.55. The van der Waals surface area contributed by atoms with Crippen LogP contribution >= 0.6 is 35.7 Å². The van der Waals surface area contributed by atoms with E-state index in [0.717, 1.165) is 57.5 Å². The summed E-state index contributed by atoms with van der Waals surface area (Å²) in [5, 5.41) is 7.03. The molecule has 0 saturated carbocycles. The van der Waals surface area contributed by atoms with Gasteiger partial charge in [-0.3, -0.25) is 9.89 Å². The SMILES string of the molecule is CN=C(NCCc1ccc(OC)cc1)NCC1(N2CCOCC2)CCSC1.I. The summed E-state index contributed by atoms with van der Waals surface area (Å²) in [6.07, 6.45) is 2.18. The Balaban J connectivity index is 0.00000280. The zero-order chi connectivity index (χ0) is 19.0. The average molecular weight is 520 g/mol. The van der Waals surface area contributed by atoms with Crippen LogP contribution in [0.15, 0.2) is 29.3 Å². The molecule has 1 aromatic carbocycles. The van der Waals surface area contributed by atoms with Gasteiger partial charge in [-0.1, -0.05) is 12.1 Å². The van der Waals surface area contributed by atoms with Gasteiger partial charge < -0.3 is 20.1 Å². The van der Waals surface area contributed by atoms with Crippen molar-refractivity contribution in [2.24, 2.45) is 4.99 Å². The number of benzene rings is 1. The number of nitrogens with one attached hydrogen (secondary N) is 2. The largest absolute Gasteiger partial charge is 0.497 e. The molecule has 0 aromatic heterocycles. The van der Waals surface area contributed by atoms with Gasteiger partial charge in [0.1, 0.15) is 5.75 Å². The third-order valence-corrected chi connectivity index (χ3v) is 6.67. The smallest absolute Gasteiger partial charge is 0.191 e. The molecule has 1 unspecified atom stereocenters. The zero-order valence-electron chi connectivity index (χ0n) is 16.9. The molecule has 3 rings (SSSR count). The predicted molar refractivity (Wildman–Crippen MR) is 129 cm³/mol. The normalized spacial score (nSPS) is 23.1. The standard InChI is InChI=1S/C20H32N4O2S.HI/c1-21-19(22-9-7-17-3-5-18(25-2)6-4-17)23-15-20(8-14-27-16-20)24-10-12-26-13-11-24;/h3-6H,7-16H2,1-2H3,(H2,21,22,23);1H. The number of morpholine rings is 1. The molecule has 2 heterocycles. The molecule has 8 heteroatoms. The molecule has 1 aromatic rings. The summed E-state index contributed by atoms with van der Waals surface area (Å²) < 4.78 is 10.8. The van der Waals surface area contributed by atoms with Crippen LogP contribution < -0.4 is 15.4 Å². The molecule has 0 aliphatic carbocycles. The van der Waals surface area contributed by atoms with E-state index in [4.69, 9.17) is 9.47 Å². The van der Waals surface area contributed by atoms with E-state index in [0.29, 0.717) is 0 Å². The third-order valence-electron chi connectivity index (χ3n) is 5.44. The molecule has 2 fully saturated rings. The molecule has 2 aliphatic rings. The van der Waals surface area contributed by atoms with Crippen molar-refractivity contribution in [3.8, 4) is 5.75 Å². The highest BCUT2D eigenvalue weighted by molar-refractivity contribution is 14.0. The van der Waals surface area contributed by atoms with E-state index in [-0.39, 0.29) is 29.5 Å². The Kier molecular flexibility index (Phi) is 10.2. The predicted octanol–water partition coefficient (Wildman–Crippen LogP) is 2.23. The second-order valence-corrected chi connectivity index (χ2v) is 8.18. The van der Waals surface area contributed by atoms with Crippen LogP contribution in [0.5, 0.6) is 5.75 Å². The van der Waals surface area contributed by atoms with Gasteiger partial charge in [0.2, 0.25) is 0 Å². The number of hydrogen-bond donors (Lipinski definition) is 2. The van der Waals surface area contributed by atoms with Gasteiger partial charge in [0.15, 0.2) is 5.96 Å². The van der Waals surface area contributed by atoms with E-state index in [1.807, 2.05) is 19.2 Å². The second-order valence-electron chi connectivity index (χ2n) is 7.08. The summed E-state index contributed by atoms with van der Waals surface area (Å²) >= 11 is 2.06. The Morgan fingerprint density at radius 1 is 1.25 bits per heavy atom. The van der Waals surface area contributed by atoms with Crippen molar-refractivity contribution in [3.05, 3.63) is 29.8 Å². The second kappa shape index (κ2) is 12.1. The molecule has 2 saturated heterocycles. The first kappa shape index (κ1) is 23.6. The van der Waals surface area contributed by atoms with Crippen LogP contribution in [0.1, 0.15) is 12.0 Å². The summed E-state index contributed by atoms with van der Waals surface area (Å²) in [5.74, 6) is 4.20. The highest BCUT2D eigenvalue weighted by Gasteiger charge is 2.40. The van der Waals surface area contributed by atoms with Crippen molar-refractivity contribution < 1.29 is 9.47 Å². The lowest BCUT2D eigenvalue weighted by Crippen LogP contribution is -2.60. The van der Waals surface area contributed by atoms with Gasteiger partial charge >= 0.3 is 0 Å².